The first-order chi connectivity index (χ1) is 7.10. The van der Waals surface area contributed by atoms with Crippen LogP contribution >= 0.6 is 23.2 Å². The van der Waals surface area contributed by atoms with E-state index in [1.165, 1.54) is 0 Å². The quantitative estimate of drug-likeness (QED) is 0.708. The zero-order valence-electron chi connectivity index (χ0n) is 8.89. The second kappa shape index (κ2) is 5.53. The van der Waals surface area contributed by atoms with E-state index in [-0.39, 0.29) is 11.7 Å². The summed E-state index contributed by atoms with van der Waals surface area (Å²) in [5, 5.41) is 0.922. The van der Waals surface area contributed by atoms with Gasteiger partial charge in [0.2, 0.25) is 0 Å². The molecule has 0 saturated carbocycles. The Morgan fingerprint density at radius 1 is 1.20 bits per heavy atom. The van der Waals surface area contributed by atoms with E-state index in [1.54, 1.807) is 18.2 Å². The summed E-state index contributed by atoms with van der Waals surface area (Å²) in [6.45, 7) is 4.03. The van der Waals surface area contributed by atoms with Crippen LogP contribution in [-0.4, -0.2) is 5.78 Å². The largest absolute Gasteiger partial charge is 0.294 e. The van der Waals surface area contributed by atoms with Gasteiger partial charge in [0.1, 0.15) is 0 Å². The summed E-state index contributed by atoms with van der Waals surface area (Å²) in [5.74, 6) is 0.237. The van der Waals surface area contributed by atoms with Crippen LogP contribution in [0.2, 0.25) is 10.0 Å². The summed E-state index contributed by atoms with van der Waals surface area (Å²) in [5.41, 5.74) is 0.651. The van der Waals surface area contributed by atoms with Crippen molar-refractivity contribution in [1.29, 1.82) is 0 Å². The fourth-order valence-corrected chi connectivity index (χ4v) is 1.84. The van der Waals surface area contributed by atoms with Gasteiger partial charge in [-0.25, -0.2) is 0 Å². The lowest BCUT2D eigenvalue weighted by molar-refractivity contribution is 0.0913. The van der Waals surface area contributed by atoms with Crippen LogP contribution in [0.3, 0.4) is 0 Å². The third-order valence-electron chi connectivity index (χ3n) is 2.56. The molecule has 0 N–H and O–H groups in total. The molecule has 0 aliphatic heterocycles. The first kappa shape index (κ1) is 12.5. The predicted octanol–water partition coefficient (Wildman–Crippen LogP) is 4.61. The van der Waals surface area contributed by atoms with E-state index in [1.807, 2.05) is 13.8 Å². The van der Waals surface area contributed by atoms with Crippen molar-refractivity contribution in [2.75, 3.05) is 0 Å². The predicted molar refractivity (Wildman–Crippen MR) is 64.9 cm³/mol. The third kappa shape index (κ3) is 2.96. The van der Waals surface area contributed by atoms with Gasteiger partial charge in [0.25, 0.3) is 0 Å². The molecule has 0 bridgehead atoms. The van der Waals surface area contributed by atoms with E-state index in [0.717, 1.165) is 12.8 Å². The van der Waals surface area contributed by atoms with Crippen LogP contribution < -0.4 is 0 Å². The number of rotatable bonds is 4. The van der Waals surface area contributed by atoms with Crippen molar-refractivity contribution in [3.8, 4) is 0 Å². The highest BCUT2D eigenvalue weighted by atomic mass is 35.5. The third-order valence-corrected chi connectivity index (χ3v) is 3.30. The molecule has 15 heavy (non-hydrogen) atoms. The average Bonchev–Trinajstić information content (AvgIpc) is 2.23. The molecule has 0 amide bonds. The number of benzene rings is 1. The molecule has 0 aromatic heterocycles. The summed E-state index contributed by atoms with van der Waals surface area (Å²) in [6, 6.07) is 5.04. The molecule has 3 heteroatoms. The Bertz CT molecular complexity index is 357. The van der Waals surface area contributed by atoms with Gasteiger partial charge in [-0.05, 0) is 31.0 Å². The van der Waals surface area contributed by atoms with E-state index in [0.29, 0.717) is 15.6 Å². The Labute approximate surface area is 100 Å². The number of carbonyl (C=O) groups excluding carboxylic acids is 1. The Balaban J connectivity index is 2.96. The second-order valence-corrected chi connectivity index (χ2v) is 4.32. The maximum atomic E-state index is 12.0. The van der Waals surface area contributed by atoms with Gasteiger partial charge in [-0.3, -0.25) is 4.79 Å². The molecule has 82 valence electrons. The zero-order chi connectivity index (χ0) is 11.4. The number of ketones is 1. The molecule has 0 aliphatic rings. The Morgan fingerprint density at radius 2 is 1.80 bits per heavy atom. The maximum Gasteiger partial charge on any atom is 0.165 e. The SMILES string of the molecule is CCC(CC)C(=O)c1ccc(Cl)c(Cl)c1. The van der Waals surface area contributed by atoms with Crippen LogP contribution in [0.15, 0.2) is 18.2 Å². The number of hydrogen-bond donors (Lipinski definition) is 0. The minimum atomic E-state index is 0.0854. The van der Waals surface area contributed by atoms with Crippen molar-refractivity contribution in [3.05, 3.63) is 33.8 Å². The first-order valence-corrected chi connectivity index (χ1v) is 5.85. The van der Waals surface area contributed by atoms with Gasteiger partial charge in [0.15, 0.2) is 5.78 Å². The summed E-state index contributed by atoms with van der Waals surface area (Å²) < 4.78 is 0. The van der Waals surface area contributed by atoms with Crippen LogP contribution in [0.25, 0.3) is 0 Å². The van der Waals surface area contributed by atoms with Crippen molar-refractivity contribution < 1.29 is 4.79 Å². The number of halogens is 2. The fourth-order valence-electron chi connectivity index (χ4n) is 1.54. The van der Waals surface area contributed by atoms with Crippen molar-refractivity contribution in [2.24, 2.45) is 5.92 Å². The van der Waals surface area contributed by atoms with Crippen molar-refractivity contribution in [2.45, 2.75) is 26.7 Å². The van der Waals surface area contributed by atoms with Gasteiger partial charge in [-0.15, -0.1) is 0 Å². The number of carbonyl (C=O) groups is 1. The molecule has 1 aromatic carbocycles. The minimum absolute atomic E-state index is 0.0854. The van der Waals surface area contributed by atoms with Crippen LogP contribution in [-0.2, 0) is 0 Å². The topological polar surface area (TPSA) is 17.1 Å². The van der Waals surface area contributed by atoms with E-state index in [4.69, 9.17) is 23.2 Å². The van der Waals surface area contributed by atoms with Gasteiger partial charge in [0, 0.05) is 11.5 Å². The van der Waals surface area contributed by atoms with Crippen LogP contribution in [0, 0.1) is 5.92 Å². The lowest BCUT2D eigenvalue weighted by Gasteiger charge is -2.11. The zero-order valence-corrected chi connectivity index (χ0v) is 10.4. The molecule has 0 aliphatic carbocycles. The van der Waals surface area contributed by atoms with Gasteiger partial charge < -0.3 is 0 Å². The van der Waals surface area contributed by atoms with E-state index < -0.39 is 0 Å². The molecular weight excluding hydrogens is 231 g/mol. The van der Waals surface area contributed by atoms with Crippen molar-refractivity contribution in [1.82, 2.24) is 0 Å². The summed E-state index contributed by atoms with van der Waals surface area (Å²) in [4.78, 5) is 12.0. The van der Waals surface area contributed by atoms with E-state index in [2.05, 4.69) is 0 Å². The highest BCUT2D eigenvalue weighted by Crippen LogP contribution is 2.25. The monoisotopic (exact) mass is 244 g/mol. The molecule has 0 spiro atoms. The van der Waals surface area contributed by atoms with Crippen LogP contribution in [0.1, 0.15) is 37.0 Å². The second-order valence-electron chi connectivity index (χ2n) is 3.51. The van der Waals surface area contributed by atoms with Crippen LogP contribution in [0.4, 0.5) is 0 Å². The van der Waals surface area contributed by atoms with Gasteiger partial charge >= 0.3 is 0 Å². The van der Waals surface area contributed by atoms with Crippen LogP contribution in [0.5, 0.6) is 0 Å². The lowest BCUT2D eigenvalue weighted by Crippen LogP contribution is -2.12. The van der Waals surface area contributed by atoms with E-state index in [9.17, 15) is 4.79 Å². The Kier molecular flexibility index (Phi) is 4.62. The number of hydrogen-bond acceptors (Lipinski definition) is 1. The normalized spacial score (nSPS) is 10.7. The van der Waals surface area contributed by atoms with Crippen molar-refractivity contribution in [3.63, 3.8) is 0 Å². The molecule has 0 heterocycles. The maximum absolute atomic E-state index is 12.0. The van der Waals surface area contributed by atoms with Gasteiger partial charge in [0.05, 0.1) is 10.0 Å². The fraction of sp³-hybridized carbons (Fsp3) is 0.417. The highest BCUT2D eigenvalue weighted by molar-refractivity contribution is 6.42. The lowest BCUT2D eigenvalue weighted by atomic mass is 9.93. The highest BCUT2D eigenvalue weighted by Gasteiger charge is 2.16. The molecular formula is C12H14Cl2O. The smallest absolute Gasteiger partial charge is 0.165 e. The summed E-state index contributed by atoms with van der Waals surface area (Å²) in [7, 11) is 0. The van der Waals surface area contributed by atoms with E-state index >= 15 is 0 Å². The molecule has 0 unspecified atom stereocenters. The molecule has 1 aromatic rings. The minimum Gasteiger partial charge on any atom is -0.294 e. The molecule has 0 saturated heterocycles. The number of Topliss-reactive ketones (excluding diaryl/α,β-unsaturated/α-hetero) is 1. The molecule has 0 atom stereocenters. The first-order valence-electron chi connectivity index (χ1n) is 5.09. The average molecular weight is 245 g/mol. The van der Waals surface area contributed by atoms with Gasteiger partial charge in [-0.1, -0.05) is 37.0 Å². The Morgan fingerprint density at radius 3 is 2.27 bits per heavy atom. The Hall–Kier alpha value is -0.530. The molecule has 0 fully saturated rings. The standard InChI is InChI=1S/C12H14Cl2O/c1-3-8(4-2)12(15)9-5-6-10(13)11(14)7-9/h5-8H,3-4H2,1-2H3. The molecule has 0 radical (unpaired) electrons. The summed E-state index contributed by atoms with van der Waals surface area (Å²) >= 11 is 11.7. The molecule has 1 rings (SSSR count). The van der Waals surface area contributed by atoms with Gasteiger partial charge in [-0.2, -0.15) is 0 Å². The van der Waals surface area contributed by atoms with Crippen molar-refractivity contribution >= 4 is 29.0 Å². The summed E-state index contributed by atoms with van der Waals surface area (Å²) in [6.07, 6.45) is 1.71. The molecule has 1 nitrogen and oxygen atoms in total.